The van der Waals surface area contributed by atoms with Crippen molar-refractivity contribution in [1.82, 2.24) is 9.78 Å². The second-order valence-electron chi connectivity index (χ2n) is 5.78. The Morgan fingerprint density at radius 2 is 2.11 bits per heavy atom. The predicted octanol–water partition coefficient (Wildman–Crippen LogP) is 2.70. The van der Waals surface area contributed by atoms with E-state index in [1.165, 1.54) is 6.42 Å². The first-order chi connectivity index (χ1) is 8.52. The molecule has 0 amide bonds. The highest BCUT2D eigenvalue weighted by atomic mass is 16.1. The maximum absolute atomic E-state index is 12.4. The second-order valence-corrected chi connectivity index (χ2v) is 5.78. The molecule has 0 aliphatic heterocycles. The molecule has 0 saturated heterocycles. The Kier molecular flexibility index (Phi) is 3.85. The minimum absolute atomic E-state index is 0.130. The quantitative estimate of drug-likeness (QED) is 0.834. The zero-order chi connectivity index (χ0) is 13.2. The molecule has 0 radical (unpaired) electrons. The highest BCUT2D eigenvalue weighted by Gasteiger charge is 2.31. The van der Waals surface area contributed by atoms with Gasteiger partial charge < -0.3 is 5.73 Å². The second kappa shape index (κ2) is 5.22. The Balaban J connectivity index is 2.09. The van der Waals surface area contributed by atoms with Crippen molar-refractivity contribution in [2.75, 3.05) is 0 Å². The minimum atomic E-state index is -0.290. The number of nitrogens with two attached hydrogens (primary N) is 1. The molecule has 1 fully saturated rings. The molecule has 1 aromatic heterocycles. The first-order valence-corrected chi connectivity index (χ1v) is 6.87. The van der Waals surface area contributed by atoms with Gasteiger partial charge in [-0.25, -0.2) is 0 Å². The molecule has 1 heterocycles. The lowest BCUT2D eigenvalue weighted by Crippen LogP contribution is -2.43. The average molecular weight is 249 g/mol. The molecule has 18 heavy (non-hydrogen) atoms. The summed E-state index contributed by atoms with van der Waals surface area (Å²) in [6, 6.07) is 2.01. The van der Waals surface area contributed by atoms with Gasteiger partial charge >= 0.3 is 0 Å². The molecule has 2 N–H and O–H groups in total. The van der Waals surface area contributed by atoms with Crippen LogP contribution in [0.2, 0.25) is 0 Å². The monoisotopic (exact) mass is 249 g/mol. The van der Waals surface area contributed by atoms with Crippen LogP contribution >= 0.6 is 0 Å². The van der Waals surface area contributed by atoms with E-state index in [1.54, 1.807) is 16.9 Å². The van der Waals surface area contributed by atoms with Crippen molar-refractivity contribution < 1.29 is 4.79 Å². The van der Waals surface area contributed by atoms with Crippen LogP contribution in [0.25, 0.3) is 0 Å². The van der Waals surface area contributed by atoms with E-state index in [-0.39, 0.29) is 17.4 Å². The number of ketones is 1. The Bertz CT molecular complexity index is 416. The van der Waals surface area contributed by atoms with Crippen molar-refractivity contribution in [1.29, 1.82) is 0 Å². The predicted molar refractivity (Wildman–Crippen MR) is 71.6 cm³/mol. The van der Waals surface area contributed by atoms with Crippen LogP contribution in [-0.2, 0) is 0 Å². The van der Waals surface area contributed by atoms with Crippen LogP contribution in [0.5, 0.6) is 0 Å². The largest absolute Gasteiger partial charge is 0.325 e. The number of rotatable bonds is 4. The zero-order valence-corrected chi connectivity index (χ0v) is 11.4. The molecular formula is C14H23N3O. The Morgan fingerprint density at radius 3 is 2.72 bits per heavy atom. The van der Waals surface area contributed by atoms with Gasteiger partial charge in [-0.15, -0.1) is 0 Å². The normalized spacial score (nSPS) is 19.1. The van der Waals surface area contributed by atoms with Crippen molar-refractivity contribution in [3.8, 4) is 0 Å². The molecule has 2 rings (SSSR count). The van der Waals surface area contributed by atoms with Gasteiger partial charge in [-0.2, -0.15) is 5.10 Å². The van der Waals surface area contributed by atoms with Gasteiger partial charge in [0.1, 0.15) is 5.69 Å². The van der Waals surface area contributed by atoms with E-state index in [2.05, 4.69) is 5.10 Å². The number of carbonyl (C=O) groups excluding carboxylic acids is 1. The molecule has 1 aliphatic rings. The van der Waals surface area contributed by atoms with Crippen LogP contribution < -0.4 is 5.73 Å². The molecule has 4 heteroatoms. The molecule has 1 saturated carbocycles. The molecule has 0 unspecified atom stereocenters. The number of Topliss-reactive ketones (excluding diaryl/α,β-unsaturated/α-hetero) is 1. The number of aromatic nitrogens is 2. The van der Waals surface area contributed by atoms with Crippen molar-refractivity contribution >= 4 is 5.78 Å². The van der Waals surface area contributed by atoms with Crippen LogP contribution in [0.1, 0.15) is 68.9 Å². The Labute approximate surface area is 109 Å². The lowest BCUT2D eigenvalue weighted by Gasteiger charge is -2.32. The molecule has 4 nitrogen and oxygen atoms in total. The Hall–Kier alpha value is -1.16. The van der Waals surface area contributed by atoms with Crippen molar-refractivity contribution in [3.63, 3.8) is 0 Å². The Morgan fingerprint density at radius 1 is 1.44 bits per heavy atom. The summed E-state index contributed by atoms with van der Waals surface area (Å²) in [6.07, 6.45) is 7.61. The lowest BCUT2D eigenvalue weighted by atomic mass is 9.79. The maximum atomic E-state index is 12.4. The number of carbonyl (C=O) groups is 1. The third kappa shape index (κ3) is 2.80. The van der Waals surface area contributed by atoms with Crippen LogP contribution in [0, 0.1) is 0 Å². The summed E-state index contributed by atoms with van der Waals surface area (Å²) < 4.78 is 1.79. The third-order valence-electron chi connectivity index (χ3n) is 3.81. The van der Waals surface area contributed by atoms with E-state index in [0.717, 1.165) is 25.7 Å². The molecule has 100 valence electrons. The SMILES string of the molecule is CC(C)n1nccc1C(=O)CC1(N)CCCCC1. The van der Waals surface area contributed by atoms with Gasteiger partial charge in [-0.05, 0) is 32.8 Å². The maximum Gasteiger partial charge on any atom is 0.182 e. The average Bonchev–Trinajstić information content (AvgIpc) is 2.78. The smallest absolute Gasteiger partial charge is 0.182 e. The zero-order valence-electron chi connectivity index (χ0n) is 11.4. The fourth-order valence-corrected chi connectivity index (χ4v) is 2.79. The summed E-state index contributed by atoms with van der Waals surface area (Å²) in [6.45, 7) is 4.06. The molecular weight excluding hydrogens is 226 g/mol. The van der Waals surface area contributed by atoms with Gasteiger partial charge in [0.05, 0.1) is 0 Å². The minimum Gasteiger partial charge on any atom is -0.325 e. The van der Waals surface area contributed by atoms with Crippen molar-refractivity contribution in [3.05, 3.63) is 18.0 Å². The fraction of sp³-hybridized carbons (Fsp3) is 0.714. The summed E-state index contributed by atoms with van der Waals surface area (Å²) in [7, 11) is 0. The first-order valence-electron chi connectivity index (χ1n) is 6.87. The van der Waals surface area contributed by atoms with E-state index in [1.807, 2.05) is 13.8 Å². The van der Waals surface area contributed by atoms with E-state index in [0.29, 0.717) is 12.1 Å². The lowest BCUT2D eigenvalue weighted by molar-refractivity contribution is 0.0922. The summed E-state index contributed by atoms with van der Waals surface area (Å²) in [4.78, 5) is 12.4. The van der Waals surface area contributed by atoms with Crippen molar-refractivity contribution in [2.45, 2.75) is 64.0 Å². The molecule has 0 atom stereocenters. The van der Waals surface area contributed by atoms with Gasteiger partial charge in [0.2, 0.25) is 0 Å². The van der Waals surface area contributed by atoms with Gasteiger partial charge in [0.15, 0.2) is 5.78 Å². The van der Waals surface area contributed by atoms with Crippen LogP contribution in [0.15, 0.2) is 12.3 Å². The van der Waals surface area contributed by atoms with Gasteiger partial charge in [-0.3, -0.25) is 9.48 Å². The van der Waals surface area contributed by atoms with E-state index in [9.17, 15) is 4.79 Å². The van der Waals surface area contributed by atoms with Gasteiger partial charge in [0.25, 0.3) is 0 Å². The van der Waals surface area contributed by atoms with E-state index in [4.69, 9.17) is 5.73 Å². The summed E-state index contributed by atoms with van der Waals surface area (Å²) in [5.41, 5.74) is 6.75. The first kappa shape index (κ1) is 13.3. The van der Waals surface area contributed by atoms with Crippen LogP contribution in [0.4, 0.5) is 0 Å². The van der Waals surface area contributed by atoms with E-state index < -0.39 is 0 Å². The summed E-state index contributed by atoms with van der Waals surface area (Å²) in [5.74, 6) is 0.130. The third-order valence-corrected chi connectivity index (χ3v) is 3.81. The summed E-state index contributed by atoms with van der Waals surface area (Å²) in [5, 5.41) is 4.21. The van der Waals surface area contributed by atoms with Crippen LogP contribution in [-0.4, -0.2) is 21.1 Å². The molecule has 0 bridgehead atoms. The fourth-order valence-electron chi connectivity index (χ4n) is 2.79. The number of hydrogen-bond acceptors (Lipinski definition) is 3. The molecule has 0 spiro atoms. The standard InChI is InChI=1S/C14H23N3O/c1-11(2)17-12(6-9-16-17)13(18)10-14(15)7-4-3-5-8-14/h6,9,11H,3-5,7-8,10,15H2,1-2H3. The van der Waals surface area contributed by atoms with Crippen LogP contribution in [0.3, 0.4) is 0 Å². The van der Waals surface area contributed by atoms with Gasteiger partial charge in [0, 0.05) is 24.2 Å². The summed E-state index contributed by atoms with van der Waals surface area (Å²) >= 11 is 0. The molecule has 1 aliphatic carbocycles. The van der Waals surface area contributed by atoms with Crippen molar-refractivity contribution in [2.24, 2.45) is 5.73 Å². The topological polar surface area (TPSA) is 60.9 Å². The highest BCUT2D eigenvalue weighted by Crippen LogP contribution is 2.30. The molecule has 0 aromatic carbocycles. The molecule has 1 aromatic rings. The van der Waals surface area contributed by atoms with Gasteiger partial charge in [-0.1, -0.05) is 19.3 Å². The van der Waals surface area contributed by atoms with E-state index >= 15 is 0 Å². The number of hydrogen-bond donors (Lipinski definition) is 1. The number of nitrogens with zero attached hydrogens (tertiary/aromatic N) is 2. The highest BCUT2D eigenvalue weighted by molar-refractivity contribution is 5.95.